The van der Waals surface area contributed by atoms with Crippen LogP contribution in [-0.4, -0.2) is 35.2 Å². The number of hydrogen-bond donors (Lipinski definition) is 2. The number of aromatic amines is 1. The van der Waals surface area contributed by atoms with Crippen molar-refractivity contribution in [1.82, 2.24) is 9.97 Å². The van der Waals surface area contributed by atoms with Crippen molar-refractivity contribution in [3.05, 3.63) is 41.5 Å². The molecule has 1 aromatic heterocycles. The van der Waals surface area contributed by atoms with E-state index in [1.807, 2.05) is 44.3 Å². The van der Waals surface area contributed by atoms with Gasteiger partial charge in [0.15, 0.2) is 0 Å². The summed E-state index contributed by atoms with van der Waals surface area (Å²) >= 11 is 0. The lowest BCUT2D eigenvalue weighted by atomic mass is 9.97. The van der Waals surface area contributed by atoms with Crippen molar-refractivity contribution in [3.8, 4) is 5.75 Å². The van der Waals surface area contributed by atoms with E-state index in [9.17, 15) is 4.79 Å². The maximum Gasteiger partial charge on any atom is 0.256 e. The number of anilines is 1. The van der Waals surface area contributed by atoms with Crippen LogP contribution in [0.25, 0.3) is 11.6 Å². The normalized spacial score (nSPS) is 19.0. The molecule has 3 heterocycles. The van der Waals surface area contributed by atoms with Crippen molar-refractivity contribution >= 4 is 23.2 Å². The first-order valence-electron chi connectivity index (χ1n) is 9.07. The number of H-pyrrole nitrogens is 1. The minimum atomic E-state index is -0.120. The monoisotopic (exact) mass is 353 g/mol. The number of imidazole rings is 1. The van der Waals surface area contributed by atoms with Crippen molar-refractivity contribution in [2.45, 2.75) is 38.7 Å². The highest BCUT2D eigenvalue weighted by atomic mass is 16.5. The minimum absolute atomic E-state index is 0.0812. The number of carbonyl (C=O) groups excluding carboxylic acids is 1. The molecule has 1 amide bonds. The molecule has 0 unspecified atom stereocenters. The molecule has 136 valence electrons. The molecule has 6 nitrogen and oxygen atoms in total. The Morgan fingerprint density at radius 2 is 2.12 bits per heavy atom. The summed E-state index contributed by atoms with van der Waals surface area (Å²) in [5, 5.41) is 2.90. The number of rotatable bonds is 4. The quantitative estimate of drug-likeness (QED) is 0.824. The third kappa shape index (κ3) is 3.37. The van der Waals surface area contributed by atoms with Crippen molar-refractivity contribution < 1.29 is 14.3 Å². The summed E-state index contributed by atoms with van der Waals surface area (Å²) in [6.07, 6.45) is 5.75. The largest absolute Gasteiger partial charge is 0.491 e. The molecule has 0 atom stereocenters. The summed E-state index contributed by atoms with van der Waals surface area (Å²) in [7, 11) is 0. The first kappa shape index (κ1) is 16.8. The van der Waals surface area contributed by atoms with Crippen LogP contribution in [0.1, 0.15) is 49.7 Å². The molecule has 26 heavy (non-hydrogen) atoms. The Bertz CT molecular complexity index is 848. The average Bonchev–Trinajstić information content (AvgIpc) is 3.21. The molecule has 2 aliphatic heterocycles. The van der Waals surface area contributed by atoms with Crippen LogP contribution in [0, 0.1) is 0 Å². The Balaban J connectivity index is 1.62. The third-order valence-corrected chi connectivity index (χ3v) is 4.70. The molecular weight excluding hydrogens is 330 g/mol. The van der Waals surface area contributed by atoms with Gasteiger partial charge in [-0.15, -0.1) is 0 Å². The molecule has 1 aromatic carbocycles. The maximum atomic E-state index is 12.4. The Morgan fingerprint density at radius 3 is 2.88 bits per heavy atom. The fourth-order valence-electron chi connectivity index (χ4n) is 3.43. The van der Waals surface area contributed by atoms with Gasteiger partial charge in [-0.2, -0.15) is 0 Å². The molecule has 6 heteroatoms. The van der Waals surface area contributed by atoms with Gasteiger partial charge in [-0.05, 0) is 51.0 Å². The van der Waals surface area contributed by atoms with Crippen LogP contribution in [0.4, 0.5) is 5.69 Å². The number of fused-ring (bicyclic) bond motifs is 1. The number of aromatic nitrogens is 2. The number of nitrogens with one attached hydrogen (secondary N) is 2. The molecule has 0 spiro atoms. The van der Waals surface area contributed by atoms with Gasteiger partial charge in [-0.3, -0.25) is 4.79 Å². The fraction of sp³-hybridized carbons (Fsp3) is 0.400. The van der Waals surface area contributed by atoms with Crippen LogP contribution in [0.5, 0.6) is 5.75 Å². The van der Waals surface area contributed by atoms with Gasteiger partial charge in [0.05, 0.1) is 11.7 Å². The van der Waals surface area contributed by atoms with Gasteiger partial charge >= 0.3 is 0 Å². The predicted octanol–water partition coefficient (Wildman–Crippen LogP) is 3.58. The van der Waals surface area contributed by atoms with Crippen LogP contribution >= 0.6 is 0 Å². The zero-order valence-electron chi connectivity index (χ0n) is 15.0. The summed E-state index contributed by atoms with van der Waals surface area (Å²) in [5.74, 6) is 1.77. The molecule has 0 saturated carbocycles. The first-order chi connectivity index (χ1) is 12.6. The number of ether oxygens (including phenoxy) is 2. The van der Waals surface area contributed by atoms with E-state index in [4.69, 9.17) is 9.47 Å². The Morgan fingerprint density at radius 1 is 1.31 bits per heavy atom. The van der Waals surface area contributed by atoms with Crippen LogP contribution in [0.2, 0.25) is 0 Å². The van der Waals surface area contributed by atoms with Gasteiger partial charge in [-0.25, -0.2) is 4.98 Å². The number of amides is 1. The minimum Gasteiger partial charge on any atom is -0.491 e. The number of nitrogens with zero attached hydrogens (tertiary/aromatic N) is 1. The number of hydrogen-bond acceptors (Lipinski definition) is 4. The zero-order valence-corrected chi connectivity index (χ0v) is 15.0. The van der Waals surface area contributed by atoms with E-state index >= 15 is 0 Å². The molecule has 1 saturated heterocycles. The zero-order chi connectivity index (χ0) is 18.1. The Hall–Kier alpha value is -2.60. The molecule has 4 rings (SSSR count). The number of carbonyl (C=O) groups is 1. The molecule has 0 bridgehead atoms. The Kier molecular flexibility index (Phi) is 4.51. The van der Waals surface area contributed by atoms with Crippen LogP contribution in [0.3, 0.4) is 0 Å². The lowest BCUT2D eigenvalue weighted by Gasteiger charge is -2.20. The van der Waals surface area contributed by atoms with Gasteiger partial charge in [0.1, 0.15) is 11.6 Å². The second-order valence-corrected chi connectivity index (χ2v) is 7.00. The molecule has 0 radical (unpaired) electrons. The molecule has 0 aliphatic carbocycles. The summed E-state index contributed by atoms with van der Waals surface area (Å²) < 4.78 is 11.2. The molecule has 2 aliphatic rings. The van der Waals surface area contributed by atoms with Crippen LogP contribution in [-0.2, 0) is 9.53 Å². The van der Waals surface area contributed by atoms with E-state index in [-0.39, 0.29) is 12.0 Å². The fourth-order valence-corrected chi connectivity index (χ4v) is 3.43. The summed E-state index contributed by atoms with van der Waals surface area (Å²) in [6.45, 7) is 5.53. The third-order valence-electron chi connectivity index (χ3n) is 4.70. The highest BCUT2D eigenvalue weighted by molar-refractivity contribution is 6.34. The molecule has 2 aromatic rings. The van der Waals surface area contributed by atoms with E-state index in [1.54, 1.807) is 0 Å². The Labute approximate surface area is 152 Å². The summed E-state index contributed by atoms with van der Waals surface area (Å²) in [6, 6.07) is 5.65. The molecule has 2 N–H and O–H groups in total. The van der Waals surface area contributed by atoms with Crippen molar-refractivity contribution in [2.75, 3.05) is 18.5 Å². The topological polar surface area (TPSA) is 76.2 Å². The molecule has 1 fully saturated rings. The second kappa shape index (κ2) is 6.96. The highest BCUT2D eigenvalue weighted by Crippen LogP contribution is 2.36. The molecular formula is C20H23N3O3. The second-order valence-electron chi connectivity index (χ2n) is 7.00. The van der Waals surface area contributed by atoms with Gasteiger partial charge in [-0.1, -0.05) is 0 Å². The lowest BCUT2D eigenvalue weighted by Crippen LogP contribution is -2.14. The van der Waals surface area contributed by atoms with E-state index in [1.165, 1.54) is 0 Å². The summed E-state index contributed by atoms with van der Waals surface area (Å²) in [4.78, 5) is 20.2. The summed E-state index contributed by atoms with van der Waals surface area (Å²) in [5.41, 5.74) is 3.35. The van der Waals surface area contributed by atoms with Crippen LogP contribution < -0.4 is 10.1 Å². The first-order valence-corrected chi connectivity index (χ1v) is 9.07. The standard InChI is InChI=1S/C20H23N3O3/c1-12(2)26-14-3-4-17-15(9-14)16(20(24)23-17)10-19-21-11-18(22-19)13-5-7-25-8-6-13/h3-4,9-13H,5-8H2,1-2H3,(H,21,22)(H,23,24)/b16-10-. The van der Waals surface area contributed by atoms with E-state index in [0.717, 1.165) is 48.7 Å². The van der Waals surface area contributed by atoms with Crippen molar-refractivity contribution in [1.29, 1.82) is 0 Å². The van der Waals surface area contributed by atoms with Gasteiger partial charge in [0, 0.05) is 42.3 Å². The van der Waals surface area contributed by atoms with Gasteiger partial charge in [0.25, 0.3) is 5.91 Å². The van der Waals surface area contributed by atoms with Crippen molar-refractivity contribution in [3.63, 3.8) is 0 Å². The highest BCUT2D eigenvalue weighted by Gasteiger charge is 2.25. The number of benzene rings is 1. The predicted molar refractivity (Wildman–Crippen MR) is 100 cm³/mol. The van der Waals surface area contributed by atoms with Crippen LogP contribution in [0.15, 0.2) is 24.4 Å². The van der Waals surface area contributed by atoms with Gasteiger partial charge in [0.2, 0.25) is 0 Å². The maximum absolute atomic E-state index is 12.4. The van der Waals surface area contributed by atoms with E-state index in [2.05, 4.69) is 15.3 Å². The van der Waals surface area contributed by atoms with E-state index < -0.39 is 0 Å². The smallest absolute Gasteiger partial charge is 0.256 e. The average molecular weight is 353 g/mol. The van der Waals surface area contributed by atoms with Crippen molar-refractivity contribution in [2.24, 2.45) is 0 Å². The van der Waals surface area contributed by atoms with Gasteiger partial charge < -0.3 is 19.8 Å². The lowest BCUT2D eigenvalue weighted by molar-refractivity contribution is -0.110. The van der Waals surface area contributed by atoms with E-state index in [0.29, 0.717) is 17.3 Å². The SMILES string of the molecule is CC(C)Oc1ccc2c(c1)/C(=C/c1ncc(C3CCOCC3)[nH]1)C(=O)N2.